The lowest BCUT2D eigenvalue weighted by Gasteiger charge is -2.27. The van der Waals surface area contributed by atoms with Crippen LogP contribution < -0.4 is 0 Å². The molecule has 5 heteroatoms. The lowest BCUT2D eigenvalue weighted by atomic mass is 9.79. The van der Waals surface area contributed by atoms with Gasteiger partial charge in [0.2, 0.25) is 0 Å². The number of esters is 2. The van der Waals surface area contributed by atoms with Crippen molar-refractivity contribution in [1.82, 2.24) is 0 Å². The first-order valence-electron chi connectivity index (χ1n) is 8.05. The molecule has 0 atom stereocenters. The molecule has 0 aliphatic heterocycles. The van der Waals surface area contributed by atoms with Crippen LogP contribution in [-0.4, -0.2) is 19.0 Å². The second kappa shape index (κ2) is 6.91. The Kier molecular flexibility index (Phi) is 4.69. The molecule has 0 bridgehead atoms. The van der Waals surface area contributed by atoms with Gasteiger partial charge in [-0.25, -0.2) is 4.79 Å². The van der Waals surface area contributed by atoms with E-state index in [0.29, 0.717) is 5.76 Å². The van der Waals surface area contributed by atoms with Crippen molar-refractivity contribution in [3.8, 4) is 0 Å². The summed E-state index contributed by atoms with van der Waals surface area (Å²) >= 11 is 0. The summed E-state index contributed by atoms with van der Waals surface area (Å²) < 4.78 is 15.5. The van der Waals surface area contributed by atoms with Gasteiger partial charge in [0.05, 0.1) is 18.8 Å². The molecule has 0 N–H and O–H groups in total. The lowest BCUT2D eigenvalue weighted by molar-refractivity contribution is -0.152. The molecule has 126 valence electrons. The summed E-state index contributed by atoms with van der Waals surface area (Å²) in [6.07, 6.45) is 4.93. The first-order valence-corrected chi connectivity index (χ1v) is 8.05. The quantitative estimate of drug-likeness (QED) is 0.784. The molecule has 0 amide bonds. The number of furan rings is 1. The Morgan fingerprint density at radius 2 is 1.83 bits per heavy atom. The maximum Gasteiger partial charge on any atom is 0.341 e. The molecule has 0 unspecified atom stereocenters. The van der Waals surface area contributed by atoms with Gasteiger partial charge in [0, 0.05) is 0 Å². The van der Waals surface area contributed by atoms with Crippen molar-refractivity contribution < 1.29 is 23.5 Å². The summed E-state index contributed by atoms with van der Waals surface area (Å²) in [4.78, 5) is 24.5. The summed E-state index contributed by atoms with van der Waals surface area (Å²) in [5.74, 6) is -0.469. The highest BCUT2D eigenvalue weighted by molar-refractivity contribution is 5.90. The summed E-state index contributed by atoms with van der Waals surface area (Å²) in [5, 5.41) is 0. The van der Waals surface area contributed by atoms with E-state index in [1.807, 2.05) is 30.3 Å². The Labute approximate surface area is 140 Å². The molecule has 24 heavy (non-hydrogen) atoms. The van der Waals surface area contributed by atoms with E-state index in [9.17, 15) is 9.59 Å². The topological polar surface area (TPSA) is 65.7 Å². The van der Waals surface area contributed by atoms with Gasteiger partial charge in [-0.15, -0.1) is 0 Å². The molecule has 2 aromatic rings. The van der Waals surface area contributed by atoms with Crippen LogP contribution in [-0.2, 0) is 26.3 Å². The molecule has 0 saturated heterocycles. The lowest BCUT2D eigenvalue weighted by Crippen LogP contribution is -2.34. The third-order valence-electron chi connectivity index (χ3n) is 4.66. The number of rotatable bonds is 5. The zero-order chi connectivity index (χ0) is 17.0. The predicted molar refractivity (Wildman–Crippen MR) is 86.4 cm³/mol. The molecule has 1 aliphatic carbocycles. The van der Waals surface area contributed by atoms with Crippen molar-refractivity contribution >= 4 is 11.9 Å². The van der Waals surface area contributed by atoms with Gasteiger partial charge in [0.1, 0.15) is 12.2 Å². The van der Waals surface area contributed by atoms with Crippen LogP contribution in [0.5, 0.6) is 0 Å². The van der Waals surface area contributed by atoms with E-state index in [1.54, 1.807) is 0 Å². The third kappa shape index (κ3) is 2.94. The molecule has 1 heterocycles. The van der Waals surface area contributed by atoms with Crippen molar-refractivity contribution in [3.63, 3.8) is 0 Å². The van der Waals surface area contributed by atoms with Gasteiger partial charge >= 0.3 is 11.9 Å². The molecule has 1 aromatic carbocycles. The fourth-order valence-corrected chi connectivity index (χ4v) is 3.36. The van der Waals surface area contributed by atoms with Crippen LogP contribution in [0.15, 0.2) is 47.1 Å². The largest absolute Gasteiger partial charge is 0.465 e. The molecule has 3 rings (SSSR count). The number of carbonyl (C=O) groups is 2. The van der Waals surface area contributed by atoms with E-state index >= 15 is 0 Å². The van der Waals surface area contributed by atoms with Gasteiger partial charge in [-0.05, 0) is 24.5 Å². The molecular formula is C19H20O5. The molecule has 1 fully saturated rings. The molecular weight excluding hydrogens is 308 g/mol. The van der Waals surface area contributed by atoms with E-state index in [0.717, 1.165) is 31.2 Å². The van der Waals surface area contributed by atoms with E-state index in [-0.39, 0.29) is 18.1 Å². The smallest absolute Gasteiger partial charge is 0.341 e. The van der Waals surface area contributed by atoms with Crippen molar-refractivity contribution in [1.29, 1.82) is 0 Å². The standard InChI is InChI=1S/C19H20O5/c1-22-17(20)15-9-12-23-16(15)13-24-18(21)19(10-5-6-11-19)14-7-3-2-4-8-14/h2-4,7-9,12H,5-6,10-11,13H2,1H3. The highest BCUT2D eigenvalue weighted by Gasteiger charge is 2.44. The normalized spacial score (nSPS) is 15.9. The molecule has 5 nitrogen and oxygen atoms in total. The minimum atomic E-state index is -0.598. The van der Waals surface area contributed by atoms with Gasteiger partial charge in [-0.2, -0.15) is 0 Å². The highest BCUT2D eigenvalue weighted by atomic mass is 16.5. The van der Waals surface area contributed by atoms with E-state index < -0.39 is 11.4 Å². The van der Waals surface area contributed by atoms with Gasteiger partial charge in [-0.1, -0.05) is 43.2 Å². The van der Waals surface area contributed by atoms with E-state index in [4.69, 9.17) is 13.9 Å². The van der Waals surface area contributed by atoms with Crippen LogP contribution in [0.3, 0.4) is 0 Å². The average molecular weight is 328 g/mol. The first-order chi connectivity index (χ1) is 11.7. The average Bonchev–Trinajstić information content (AvgIpc) is 3.30. The maximum absolute atomic E-state index is 12.8. The molecule has 0 radical (unpaired) electrons. The summed E-state index contributed by atoms with van der Waals surface area (Å²) in [6.45, 7) is -0.0785. The monoisotopic (exact) mass is 328 g/mol. The molecule has 1 aliphatic rings. The van der Waals surface area contributed by atoms with Gasteiger partial charge < -0.3 is 13.9 Å². The van der Waals surface area contributed by atoms with Crippen LogP contribution in [0.2, 0.25) is 0 Å². The Balaban J connectivity index is 1.76. The first kappa shape index (κ1) is 16.3. The van der Waals surface area contributed by atoms with Crippen LogP contribution in [0.4, 0.5) is 0 Å². The second-order valence-corrected chi connectivity index (χ2v) is 5.98. The number of ether oxygens (including phenoxy) is 2. The molecule has 1 aromatic heterocycles. The van der Waals surface area contributed by atoms with Crippen LogP contribution in [0.25, 0.3) is 0 Å². The van der Waals surface area contributed by atoms with Crippen LogP contribution in [0, 0.1) is 0 Å². The minimum absolute atomic E-state index is 0.0785. The number of methoxy groups -OCH3 is 1. The summed E-state index contributed by atoms with van der Waals surface area (Å²) in [7, 11) is 1.30. The molecule has 1 saturated carbocycles. The maximum atomic E-state index is 12.8. The van der Waals surface area contributed by atoms with Crippen molar-refractivity contribution in [2.45, 2.75) is 37.7 Å². The van der Waals surface area contributed by atoms with E-state index in [2.05, 4.69) is 0 Å². The highest BCUT2D eigenvalue weighted by Crippen LogP contribution is 2.42. The fourth-order valence-electron chi connectivity index (χ4n) is 3.36. The van der Waals surface area contributed by atoms with Gasteiger partial charge in [0.15, 0.2) is 5.76 Å². The Morgan fingerprint density at radius 1 is 1.12 bits per heavy atom. The summed E-state index contributed by atoms with van der Waals surface area (Å²) in [5.41, 5.74) is 0.671. The van der Waals surface area contributed by atoms with Crippen molar-refractivity contribution in [2.24, 2.45) is 0 Å². The van der Waals surface area contributed by atoms with Gasteiger partial charge in [-0.3, -0.25) is 4.79 Å². The fraction of sp³-hybridized carbons (Fsp3) is 0.368. The number of hydrogen-bond donors (Lipinski definition) is 0. The number of hydrogen-bond acceptors (Lipinski definition) is 5. The Bertz CT molecular complexity index is 710. The number of benzene rings is 1. The third-order valence-corrected chi connectivity index (χ3v) is 4.66. The predicted octanol–water partition coefficient (Wildman–Crippen LogP) is 3.62. The van der Waals surface area contributed by atoms with Crippen LogP contribution in [0.1, 0.15) is 47.4 Å². The summed E-state index contributed by atoms with van der Waals surface area (Å²) in [6, 6.07) is 11.3. The second-order valence-electron chi connectivity index (χ2n) is 5.98. The zero-order valence-electron chi connectivity index (χ0n) is 13.6. The SMILES string of the molecule is COC(=O)c1ccoc1COC(=O)C1(c2ccccc2)CCCC1. The van der Waals surface area contributed by atoms with Crippen LogP contribution >= 0.6 is 0 Å². The van der Waals surface area contributed by atoms with Gasteiger partial charge in [0.25, 0.3) is 0 Å². The van der Waals surface area contributed by atoms with E-state index in [1.165, 1.54) is 19.4 Å². The number of carbonyl (C=O) groups excluding carboxylic acids is 2. The molecule has 0 spiro atoms. The Morgan fingerprint density at radius 3 is 2.50 bits per heavy atom. The minimum Gasteiger partial charge on any atom is -0.465 e. The zero-order valence-corrected chi connectivity index (χ0v) is 13.6. The Hall–Kier alpha value is -2.56. The van der Waals surface area contributed by atoms with Crippen molar-refractivity contribution in [2.75, 3.05) is 7.11 Å². The van der Waals surface area contributed by atoms with Crippen molar-refractivity contribution in [3.05, 3.63) is 59.5 Å².